The fourth-order valence-electron chi connectivity index (χ4n) is 2.15. The molecule has 3 rings (SSSR count). The maximum atomic E-state index is 4.53. The fraction of sp³-hybridized carbons (Fsp3) is 0.188. The van der Waals surface area contributed by atoms with E-state index in [9.17, 15) is 0 Å². The zero-order chi connectivity index (χ0) is 13.9. The van der Waals surface area contributed by atoms with Crippen molar-refractivity contribution >= 4 is 17.0 Å². The van der Waals surface area contributed by atoms with E-state index in [2.05, 4.69) is 63.0 Å². The van der Waals surface area contributed by atoms with Crippen LogP contribution in [0.15, 0.2) is 48.1 Å². The summed E-state index contributed by atoms with van der Waals surface area (Å²) < 4.78 is 2.06. The summed E-state index contributed by atoms with van der Waals surface area (Å²) in [6, 6.07) is 10.5. The molecular formula is C16H17N3S. The van der Waals surface area contributed by atoms with Crippen molar-refractivity contribution in [2.24, 2.45) is 7.05 Å². The van der Waals surface area contributed by atoms with Gasteiger partial charge in [0.2, 0.25) is 0 Å². The van der Waals surface area contributed by atoms with Crippen LogP contribution in [0.5, 0.6) is 0 Å². The summed E-state index contributed by atoms with van der Waals surface area (Å²) in [6.07, 6.45) is 4.19. The molecule has 4 heteroatoms. The van der Waals surface area contributed by atoms with Crippen molar-refractivity contribution in [1.82, 2.24) is 9.55 Å². The molecule has 2 aromatic heterocycles. The lowest BCUT2D eigenvalue weighted by atomic mass is 10.1. The summed E-state index contributed by atoms with van der Waals surface area (Å²) >= 11 is 1.68. The smallest absolute Gasteiger partial charge is 0.0901 e. The van der Waals surface area contributed by atoms with Gasteiger partial charge in [-0.2, -0.15) is 0 Å². The van der Waals surface area contributed by atoms with Crippen LogP contribution in [0, 0.1) is 6.92 Å². The number of hydrogen-bond donors (Lipinski definition) is 1. The maximum Gasteiger partial charge on any atom is 0.0901 e. The van der Waals surface area contributed by atoms with Gasteiger partial charge in [0.15, 0.2) is 0 Å². The Bertz CT molecular complexity index is 712. The van der Waals surface area contributed by atoms with Gasteiger partial charge in [-0.05, 0) is 30.7 Å². The van der Waals surface area contributed by atoms with Crippen molar-refractivity contribution < 1.29 is 0 Å². The number of nitrogens with zero attached hydrogens (tertiary/aromatic N) is 2. The molecule has 1 N–H and O–H groups in total. The van der Waals surface area contributed by atoms with Gasteiger partial charge in [-0.3, -0.25) is 0 Å². The largest absolute Gasteiger partial charge is 0.381 e. The quantitative estimate of drug-likeness (QED) is 0.782. The molecule has 0 unspecified atom stereocenters. The monoisotopic (exact) mass is 283 g/mol. The lowest BCUT2D eigenvalue weighted by Gasteiger charge is -2.06. The first-order chi connectivity index (χ1) is 9.70. The van der Waals surface area contributed by atoms with Gasteiger partial charge < -0.3 is 9.88 Å². The second kappa shape index (κ2) is 5.51. The SMILES string of the molecule is Cc1nc(-c2cccc(NCc3ccn(C)c3)c2)cs1. The van der Waals surface area contributed by atoms with Crippen LogP contribution in [0.3, 0.4) is 0 Å². The Hall–Kier alpha value is -2.07. The minimum Gasteiger partial charge on any atom is -0.381 e. The normalized spacial score (nSPS) is 10.7. The predicted octanol–water partition coefficient (Wildman–Crippen LogP) is 4.07. The number of aryl methyl sites for hydroxylation is 2. The number of anilines is 1. The minimum absolute atomic E-state index is 0.834. The van der Waals surface area contributed by atoms with E-state index in [-0.39, 0.29) is 0 Å². The molecule has 0 spiro atoms. The summed E-state index contributed by atoms with van der Waals surface area (Å²) in [7, 11) is 2.04. The second-order valence-corrected chi connectivity index (χ2v) is 5.93. The number of hydrogen-bond acceptors (Lipinski definition) is 3. The van der Waals surface area contributed by atoms with Gasteiger partial charge in [-0.1, -0.05) is 12.1 Å². The Morgan fingerprint density at radius 3 is 2.90 bits per heavy atom. The third-order valence-electron chi connectivity index (χ3n) is 3.17. The van der Waals surface area contributed by atoms with Gasteiger partial charge in [0.25, 0.3) is 0 Å². The molecule has 20 heavy (non-hydrogen) atoms. The number of nitrogens with one attached hydrogen (secondary N) is 1. The molecule has 0 fully saturated rings. The van der Waals surface area contributed by atoms with Crippen molar-refractivity contribution in [2.45, 2.75) is 13.5 Å². The number of rotatable bonds is 4. The van der Waals surface area contributed by atoms with Crippen molar-refractivity contribution in [3.05, 3.63) is 58.7 Å². The van der Waals surface area contributed by atoms with Crippen molar-refractivity contribution in [3.63, 3.8) is 0 Å². The number of benzene rings is 1. The van der Waals surface area contributed by atoms with E-state index in [1.807, 2.05) is 14.0 Å². The van der Waals surface area contributed by atoms with E-state index in [1.165, 1.54) is 5.56 Å². The lowest BCUT2D eigenvalue weighted by Crippen LogP contribution is -1.98. The van der Waals surface area contributed by atoms with Crippen LogP contribution in [0.1, 0.15) is 10.6 Å². The Kier molecular flexibility index (Phi) is 3.56. The van der Waals surface area contributed by atoms with Crippen LogP contribution >= 0.6 is 11.3 Å². The highest BCUT2D eigenvalue weighted by Gasteiger charge is 2.03. The van der Waals surface area contributed by atoms with E-state index >= 15 is 0 Å². The molecule has 0 aliphatic heterocycles. The predicted molar refractivity (Wildman–Crippen MR) is 85.0 cm³/mol. The first-order valence-corrected chi connectivity index (χ1v) is 7.46. The highest BCUT2D eigenvalue weighted by molar-refractivity contribution is 7.09. The Morgan fingerprint density at radius 2 is 2.20 bits per heavy atom. The van der Waals surface area contributed by atoms with Crippen molar-refractivity contribution in [1.29, 1.82) is 0 Å². The first-order valence-electron chi connectivity index (χ1n) is 6.58. The molecule has 3 nitrogen and oxygen atoms in total. The van der Waals surface area contributed by atoms with Crippen LogP contribution in [0.2, 0.25) is 0 Å². The Balaban J connectivity index is 1.74. The molecule has 0 aliphatic rings. The summed E-state index contributed by atoms with van der Waals surface area (Å²) in [5.41, 5.74) is 4.61. The molecule has 0 saturated heterocycles. The van der Waals surface area contributed by atoms with Crippen molar-refractivity contribution in [3.8, 4) is 11.3 Å². The van der Waals surface area contributed by atoms with Crippen LogP contribution < -0.4 is 5.32 Å². The molecule has 0 aliphatic carbocycles. The third kappa shape index (κ3) is 2.91. The van der Waals surface area contributed by atoms with Gasteiger partial charge >= 0.3 is 0 Å². The van der Waals surface area contributed by atoms with E-state index < -0.39 is 0 Å². The Morgan fingerprint density at radius 1 is 1.30 bits per heavy atom. The molecule has 2 heterocycles. The molecule has 1 aromatic carbocycles. The maximum absolute atomic E-state index is 4.53. The van der Waals surface area contributed by atoms with Gasteiger partial charge in [-0.25, -0.2) is 4.98 Å². The van der Waals surface area contributed by atoms with Crippen LogP contribution in [0.25, 0.3) is 11.3 Å². The van der Waals surface area contributed by atoms with E-state index in [0.717, 1.165) is 28.5 Å². The average molecular weight is 283 g/mol. The van der Waals surface area contributed by atoms with Gasteiger partial charge in [-0.15, -0.1) is 11.3 Å². The summed E-state index contributed by atoms with van der Waals surface area (Å²) in [5.74, 6) is 0. The van der Waals surface area contributed by atoms with Gasteiger partial charge in [0.1, 0.15) is 0 Å². The molecule has 3 aromatic rings. The number of aromatic nitrogens is 2. The summed E-state index contributed by atoms with van der Waals surface area (Å²) in [4.78, 5) is 4.53. The van der Waals surface area contributed by atoms with Gasteiger partial charge in [0, 0.05) is 42.6 Å². The molecule has 0 radical (unpaired) electrons. The zero-order valence-electron chi connectivity index (χ0n) is 11.6. The third-order valence-corrected chi connectivity index (χ3v) is 3.94. The summed E-state index contributed by atoms with van der Waals surface area (Å²) in [6.45, 7) is 2.87. The molecule has 0 amide bonds. The standard InChI is InChI=1S/C16H17N3S/c1-12-18-16(11-20-12)14-4-3-5-15(8-14)17-9-13-6-7-19(2)10-13/h3-8,10-11,17H,9H2,1-2H3. The van der Waals surface area contributed by atoms with E-state index in [1.54, 1.807) is 11.3 Å². The van der Waals surface area contributed by atoms with E-state index in [0.29, 0.717) is 0 Å². The Labute approximate surface area is 122 Å². The first kappa shape index (κ1) is 12.9. The van der Waals surface area contributed by atoms with Crippen LogP contribution in [-0.4, -0.2) is 9.55 Å². The molecule has 0 bridgehead atoms. The highest BCUT2D eigenvalue weighted by Crippen LogP contribution is 2.24. The van der Waals surface area contributed by atoms with Crippen LogP contribution in [-0.2, 0) is 13.6 Å². The highest BCUT2D eigenvalue weighted by atomic mass is 32.1. The number of thiazole rings is 1. The zero-order valence-corrected chi connectivity index (χ0v) is 12.4. The van der Waals surface area contributed by atoms with Crippen LogP contribution in [0.4, 0.5) is 5.69 Å². The average Bonchev–Trinajstić information content (AvgIpc) is 3.06. The molecule has 0 saturated carbocycles. The summed E-state index contributed by atoms with van der Waals surface area (Å²) in [5, 5.41) is 6.66. The molecule has 102 valence electrons. The molecule has 0 atom stereocenters. The van der Waals surface area contributed by atoms with E-state index in [4.69, 9.17) is 0 Å². The fourth-order valence-corrected chi connectivity index (χ4v) is 2.78. The van der Waals surface area contributed by atoms with Crippen molar-refractivity contribution in [2.75, 3.05) is 5.32 Å². The second-order valence-electron chi connectivity index (χ2n) is 4.87. The minimum atomic E-state index is 0.834. The lowest BCUT2D eigenvalue weighted by molar-refractivity contribution is 0.920. The van der Waals surface area contributed by atoms with Gasteiger partial charge in [0.05, 0.1) is 10.7 Å². The molecular weight excluding hydrogens is 266 g/mol. The topological polar surface area (TPSA) is 29.9 Å².